The molecule has 3 aliphatic rings. The molecule has 0 bridgehead atoms. The average molecular weight is 466 g/mol. The summed E-state index contributed by atoms with van der Waals surface area (Å²) < 4.78 is 25.8. The number of anilines is 3. The van der Waals surface area contributed by atoms with Gasteiger partial charge in [0.25, 0.3) is 10.0 Å². The van der Waals surface area contributed by atoms with E-state index >= 15 is 0 Å². The number of aromatic nitrogens is 5. The quantitative estimate of drug-likeness (QED) is 0.458. The van der Waals surface area contributed by atoms with E-state index in [0.717, 1.165) is 35.5 Å². The van der Waals surface area contributed by atoms with Crippen molar-refractivity contribution in [3.8, 4) is 11.4 Å². The van der Waals surface area contributed by atoms with Gasteiger partial charge < -0.3 is 10.6 Å². The van der Waals surface area contributed by atoms with Gasteiger partial charge in [0, 0.05) is 30.4 Å². The zero-order chi connectivity index (χ0) is 22.6. The van der Waals surface area contributed by atoms with Crippen molar-refractivity contribution in [1.29, 1.82) is 0 Å². The third-order valence-corrected chi connectivity index (χ3v) is 8.03. The van der Waals surface area contributed by atoms with E-state index in [4.69, 9.17) is 0 Å². The Kier molecular flexibility index (Phi) is 4.68. The smallest absolute Gasteiger partial charge is 0.256 e. The van der Waals surface area contributed by atoms with Crippen molar-refractivity contribution in [3.63, 3.8) is 0 Å². The van der Waals surface area contributed by atoms with Crippen LogP contribution in [-0.4, -0.2) is 49.6 Å². The van der Waals surface area contributed by atoms with E-state index in [2.05, 4.69) is 30.7 Å². The Labute approximate surface area is 190 Å². The van der Waals surface area contributed by atoms with Crippen LogP contribution in [0.25, 0.3) is 11.4 Å². The summed E-state index contributed by atoms with van der Waals surface area (Å²) in [5.41, 5.74) is 1.95. The molecule has 0 atom stereocenters. The largest absolute Gasteiger partial charge is 0.382 e. The first-order chi connectivity index (χ1) is 16.0. The van der Waals surface area contributed by atoms with Crippen molar-refractivity contribution in [2.24, 2.45) is 5.92 Å². The first-order valence-electron chi connectivity index (χ1n) is 11.2. The van der Waals surface area contributed by atoms with Crippen molar-refractivity contribution in [2.75, 3.05) is 10.6 Å². The normalized spacial score (nSPS) is 18.2. The second-order valence-electron chi connectivity index (χ2n) is 8.91. The minimum absolute atomic E-state index is 0.124. The van der Waals surface area contributed by atoms with E-state index in [-0.39, 0.29) is 17.0 Å². The number of carbonyl (C=O) groups excluding carboxylic acids is 1. The number of rotatable bonds is 9. The Morgan fingerprint density at radius 3 is 2.58 bits per heavy atom. The Morgan fingerprint density at radius 1 is 1.03 bits per heavy atom. The zero-order valence-corrected chi connectivity index (χ0v) is 18.6. The fourth-order valence-corrected chi connectivity index (χ4v) is 5.11. The molecule has 3 aromatic heterocycles. The van der Waals surface area contributed by atoms with Crippen molar-refractivity contribution in [2.45, 2.75) is 49.8 Å². The van der Waals surface area contributed by atoms with Crippen LogP contribution in [0.3, 0.4) is 0 Å². The summed E-state index contributed by atoms with van der Waals surface area (Å²) in [6.45, 7) is 0. The molecular formula is C22H23N7O3S. The number of nitrogens with one attached hydrogen (secondary N) is 2. The maximum atomic E-state index is 12.6. The molecule has 11 heteroatoms. The van der Waals surface area contributed by atoms with Gasteiger partial charge in [0.15, 0.2) is 11.6 Å². The van der Waals surface area contributed by atoms with E-state index < -0.39 is 10.0 Å². The van der Waals surface area contributed by atoms with Gasteiger partial charge in [0.1, 0.15) is 11.6 Å². The highest BCUT2D eigenvalue weighted by molar-refractivity contribution is 7.90. The molecule has 0 amide bonds. The summed E-state index contributed by atoms with van der Waals surface area (Å²) in [7, 11) is -3.44. The van der Waals surface area contributed by atoms with E-state index in [1.165, 1.54) is 12.4 Å². The third kappa shape index (κ3) is 4.20. The van der Waals surface area contributed by atoms with Crippen molar-refractivity contribution >= 4 is 33.1 Å². The first-order valence-corrected chi connectivity index (χ1v) is 12.7. The van der Waals surface area contributed by atoms with E-state index in [0.29, 0.717) is 47.5 Å². The number of hydrogen-bond donors (Lipinski definition) is 2. The minimum Gasteiger partial charge on any atom is -0.382 e. The molecule has 3 saturated carbocycles. The van der Waals surface area contributed by atoms with Gasteiger partial charge in [-0.25, -0.2) is 23.4 Å². The monoisotopic (exact) mass is 465 g/mol. The summed E-state index contributed by atoms with van der Waals surface area (Å²) in [5.74, 6) is 1.69. The maximum Gasteiger partial charge on any atom is 0.256 e. The molecule has 33 heavy (non-hydrogen) atoms. The molecule has 3 fully saturated rings. The molecule has 0 aliphatic heterocycles. The van der Waals surface area contributed by atoms with Gasteiger partial charge in [-0.2, -0.15) is 9.19 Å². The number of carbonyl (C=O) groups is 1. The predicted octanol–water partition coefficient (Wildman–Crippen LogP) is 2.99. The van der Waals surface area contributed by atoms with Crippen molar-refractivity contribution in [1.82, 2.24) is 24.1 Å². The lowest BCUT2D eigenvalue weighted by Gasteiger charge is -2.13. The van der Waals surface area contributed by atoms with Crippen LogP contribution in [0.5, 0.6) is 0 Å². The molecule has 170 valence electrons. The zero-order valence-electron chi connectivity index (χ0n) is 17.8. The molecule has 0 saturated heterocycles. The van der Waals surface area contributed by atoms with Crippen LogP contribution in [0.2, 0.25) is 0 Å². The van der Waals surface area contributed by atoms with Gasteiger partial charge in [-0.3, -0.25) is 4.79 Å². The van der Waals surface area contributed by atoms with Crippen LogP contribution in [0.4, 0.5) is 17.3 Å². The second kappa shape index (κ2) is 7.62. The molecule has 0 unspecified atom stereocenters. The highest BCUT2D eigenvalue weighted by atomic mass is 32.2. The molecule has 0 aromatic carbocycles. The summed E-state index contributed by atoms with van der Waals surface area (Å²) in [5, 5.41) is 10.3. The Bertz CT molecular complexity index is 1340. The summed E-state index contributed by atoms with van der Waals surface area (Å²) in [6.07, 6.45) is 11.5. The van der Waals surface area contributed by atoms with Gasteiger partial charge in [-0.1, -0.05) is 0 Å². The predicted molar refractivity (Wildman–Crippen MR) is 122 cm³/mol. The SMILES string of the molecule is O=C(c1cnc(Nc2ccnc(-c3cnn(S(=O)(=O)C4CC4)c3)n2)cc1NC1CC1)C1CC1. The Hall–Kier alpha value is -3.34. The van der Waals surface area contributed by atoms with Crippen molar-refractivity contribution in [3.05, 3.63) is 42.5 Å². The highest BCUT2D eigenvalue weighted by Gasteiger charge is 2.38. The van der Waals surface area contributed by atoms with Crippen LogP contribution in [0, 0.1) is 5.92 Å². The van der Waals surface area contributed by atoms with E-state index in [9.17, 15) is 13.2 Å². The molecule has 2 N–H and O–H groups in total. The van der Waals surface area contributed by atoms with Gasteiger partial charge in [0.2, 0.25) is 0 Å². The summed E-state index contributed by atoms with van der Waals surface area (Å²) in [4.78, 5) is 25.8. The van der Waals surface area contributed by atoms with Crippen LogP contribution in [0.15, 0.2) is 36.9 Å². The fourth-order valence-electron chi connectivity index (χ4n) is 3.63. The number of hydrogen-bond acceptors (Lipinski definition) is 9. The molecular weight excluding hydrogens is 442 g/mol. The number of Topliss-reactive ketones (excluding diaryl/α,β-unsaturated/α-hetero) is 1. The summed E-state index contributed by atoms with van der Waals surface area (Å²) >= 11 is 0. The van der Waals surface area contributed by atoms with Gasteiger partial charge in [0.05, 0.1) is 34.5 Å². The lowest BCUT2D eigenvalue weighted by Crippen LogP contribution is -2.17. The second-order valence-corrected chi connectivity index (χ2v) is 11.0. The molecule has 0 radical (unpaired) electrons. The van der Waals surface area contributed by atoms with E-state index in [1.54, 1.807) is 18.5 Å². The molecule has 0 spiro atoms. The molecule has 10 nitrogen and oxygen atoms in total. The topological polar surface area (TPSA) is 132 Å². The van der Waals surface area contributed by atoms with Crippen molar-refractivity contribution < 1.29 is 13.2 Å². The number of ketones is 1. The number of pyridine rings is 1. The van der Waals surface area contributed by atoms with Gasteiger partial charge >= 0.3 is 0 Å². The third-order valence-electron chi connectivity index (χ3n) is 5.99. The van der Waals surface area contributed by atoms with Gasteiger partial charge in [-0.15, -0.1) is 0 Å². The minimum atomic E-state index is -3.44. The number of nitrogens with zero attached hydrogens (tertiary/aromatic N) is 5. The van der Waals surface area contributed by atoms with Crippen LogP contribution < -0.4 is 10.6 Å². The van der Waals surface area contributed by atoms with Crippen LogP contribution in [0.1, 0.15) is 48.9 Å². The summed E-state index contributed by atoms with van der Waals surface area (Å²) in [6, 6.07) is 3.95. The Morgan fingerprint density at radius 2 is 1.85 bits per heavy atom. The first kappa shape index (κ1) is 20.3. The average Bonchev–Trinajstić information content (AvgIpc) is 3.65. The maximum absolute atomic E-state index is 12.6. The Balaban J connectivity index is 1.24. The highest BCUT2D eigenvalue weighted by Crippen LogP contribution is 2.36. The molecule has 3 aromatic rings. The van der Waals surface area contributed by atoms with Crippen LogP contribution >= 0.6 is 0 Å². The molecule has 6 rings (SSSR count). The van der Waals surface area contributed by atoms with Crippen LogP contribution in [-0.2, 0) is 10.0 Å². The van der Waals surface area contributed by atoms with Gasteiger partial charge in [-0.05, 0) is 44.6 Å². The standard InChI is InChI=1S/C22H23N7O3S/c30-21(13-1-2-13)17-11-24-20(9-18(17)26-15-3-4-15)27-19-7-8-23-22(28-19)14-10-25-29(12-14)33(31,32)16-5-6-16/h7-13,15-16H,1-6H2,(H2,23,24,26,27,28). The molecule has 3 aliphatic carbocycles. The van der Waals surface area contributed by atoms with E-state index in [1.807, 2.05) is 6.07 Å². The lowest BCUT2D eigenvalue weighted by molar-refractivity contribution is 0.0968. The molecule has 3 heterocycles. The fraction of sp³-hybridized carbons (Fsp3) is 0.409. The lowest BCUT2D eigenvalue weighted by atomic mass is 10.1.